The normalized spacial score (nSPS) is 14.7. The monoisotopic (exact) mass is 484 g/mol. The molecule has 1 amide bonds. The second-order valence-electron chi connectivity index (χ2n) is 8.56. The van der Waals surface area contributed by atoms with Crippen molar-refractivity contribution >= 4 is 5.91 Å². The van der Waals surface area contributed by atoms with Gasteiger partial charge in [0.25, 0.3) is 5.91 Å². The van der Waals surface area contributed by atoms with Crippen LogP contribution in [0, 0.1) is 0 Å². The minimum Gasteiger partial charge on any atom is -0.507 e. The van der Waals surface area contributed by atoms with Gasteiger partial charge in [-0.1, -0.05) is 31.2 Å². The van der Waals surface area contributed by atoms with Crippen LogP contribution in [0.3, 0.4) is 0 Å². The number of hydrogen-bond donors (Lipinski definition) is 2. The lowest BCUT2D eigenvalue weighted by Gasteiger charge is -2.27. The summed E-state index contributed by atoms with van der Waals surface area (Å²) < 4.78 is 11.8. The average molecular weight is 485 g/mol. The van der Waals surface area contributed by atoms with Gasteiger partial charge in [-0.05, 0) is 54.8 Å². The third-order valence-corrected chi connectivity index (χ3v) is 6.14. The van der Waals surface area contributed by atoms with Gasteiger partial charge in [-0.3, -0.25) is 14.9 Å². The van der Waals surface area contributed by atoms with Gasteiger partial charge in [0.2, 0.25) is 0 Å². The zero-order chi connectivity index (χ0) is 25.1. The van der Waals surface area contributed by atoms with Gasteiger partial charge < -0.3 is 19.5 Å². The van der Waals surface area contributed by atoms with Crippen molar-refractivity contribution < 1.29 is 19.4 Å². The van der Waals surface area contributed by atoms with E-state index in [1.807, 2.05) is 43.3 Å². The number of para-hydroxylation sites is 1. The summed E-state index contributed by atoms with van der Waals surface area (Å²) in [6, 6.07) is 16.1. The maximum Gasteiger partial charge on any atom is 0.273 e. The highest BCUT2D eigenvalue weighted by molar-refractivity contribution is 6.00. The molecule has 1 aliphatic rings. The minimum absolute atomic E-state index is 0.0991. The van der Waals surface area contributed by atoms with Crippen LogP contribution < -0.4 is 9.47 Å². The first-order valence-electron chi connectivity index (χ1n) is 12.1. The molecule has 3 heterocycles. The fraction of sp³-hybridized carbons (Fsp3) is 0.250. The van der Waals surface area contributed by atoms with E-state index in [-0.39, 0.29) is 11.7 Å². The molecule has 0 bridgehead atoms. The summed E-state index contributed by atoms with van der Waals surface area (Å²) in [5.41, 5.74) is 3.99. The Hall–Kier alpha value is -4.33. The molecule has 2 aromatic carbocycles. The number of amides is 1. The van der Waals surface area contributed by atoms with Crippen LogP contribution in [0.1, 0.15) is 53.5 Å². The molecule has 4 aromatic rings. The molecular weight excluding hydrogens is 456 g/mol. The molecule has 0 spiro atoms. The number of aromatic amines is 1. The van der Waals surface area contributed by atoms with Crippen molar-refractivity contribution in [3.05, 3.63) is 89.4 Å². The van der Waals surface area contributed by atoms with Gasteiger partial charge in [0.05, 0.1) is 19.3 Å². The number of aromatic nitrogens is 3. The Labute approximate surface area is 209 Å². The summed E-state index contributed by atoms with van der Waals surface area (Å²) in [6.07, 6.45) is 4.34. The summed E-state index contributed by atoms with van der Waals surface area (Å²) in [4.78, 5) is 19.7. The molecule has 0 aliphatic carbocycles. The molecule has 184 valence electrons. The Balaban J connectivity index is 1.65. The molecular formula is C28H28N4O4. The smallest absolute Gasteiger partial charge is 0.273 e. The number of pyridine rings is 1. The lowest BCUT2D eigenvalue weighted by molar-refractivity contribution is 0.0729. The number of nitrogens with zero attached hydrogens (tertiary/aromatic N) is 3. The molecule has 0 saturated heterocycles. The maximum absolute atomic E-state index is 13.6. The molecule has 36 heavy (non-hydrogen) atoms. The fourth-order valence-corrected chi connectivity index (χ4v) is 4.57. The number of hydrogen-bond acceptors (Lipinski definition) is 6. The van der Waals surface area contributed by atoms with Crippen molar-refractivity contribution in [3.8, 4) is 28.5 Å². The van der Waals surface area contributed by atoms with Gasteiger partial charge in [0.1, 0.15) is 17.1 Å². The van der Waals surface area contributed by atoms with Crippen molar-refractivity contribution in [2.24, 2.45) is 0 Å². The molecule has 0 radical (unpaired) electrons. The number of rotatable bonds is 9. The number of fused-ring (bicyclic) bond motifs is 1. The van der Waals surface area contributed by atoms with Gasteiger partial charge in [-0.15, -0.1) is 0 Å². The van der Waals surface area contributed by atoms with E-state index in [4.69, 9.17) is 9.47 Å². The van der Waals surface area contributed by atoms with Crippen LogP contribution in [-0.2, 0) is 6.54 Å². The number of phenols is 1. The number of carbonyl (C=O) groups is 1. The van der Waals surface area contributed by atoms with E-state index in [2.05, 4.69) is 22.1 Å². The molecule has 0 saturated carbocycles. The summed E-state index contributed by atoms with van der Waals surface area (Å²) in [5, 5.41) is 18.0. The summed E-state index contributed by atoms with van der Waals surface area (Å²) in [6.45, 7) is 5.40. The lowest BCUT2D eigenvalue weighted by Crippen LogP contribution is -2.29. The van der Waals surface area contributed by atoms with Gasteiger partial charge >= 0.3 is 0 Å². The molecule has 1 aliphatic heterocycles. The quantitative estimate of drug-likeness (QED) is 0.342. The standard InChI is InChI=1S/C28H28N4O4/c1-3-14-36-22-12-11-19(15-23(22)35-4-2)27-24-25(20-9-5-6-10-21(20)33)30-31-26(24)28(34)32(27)17-18-8-7-13-29-16-18/h5-13,15-16,27,33H,3-4,14,17H2,1-2H3,(H,30,31)/t27-/m1/s1. The topological polar surface area (TPSA) is 101 Å². The van der Waals surface area contributed by atoms with E-state index in [1.165, 1.54) is 0 Å². The first kappa shape index (κ1) is 23.4. The van der Waals surface area contributed by atoms with Gasteiger partial charge in [0, 0.05) is 30.1 Å². The second kappa shape index (κ2) is 10.1. The first-order valence-corrected chi connectivity index (χ1v) is 12.1. The second-order valence-corrected chi connectivity index (χ2v) is 8.56. The van der Waals surface area contributed by atoms with Crippen molar-refractivity contribution in [2.45, 2.75) is 32.9 Å². The third-order valence-electron chi connectivity index (χ3n) is 6.14. The Kier molecular flexibility index (Phi) is 6.58. The highest BCUT2D eigenvalue weighted by atomic mass is 16.5. The molecule has 1 atom stereocenters. The molecule has 8 heteroatoms. The average Bonchev–Trinajstić information content (AvgIpc) is 3.43. The van der Waals surface area contributed by atoms with E-state index in [9.17, 15) is 9.90 Å². The minimum atomic E-state index is -0.458. The van der Waals surface area contributed by atoms with Crippen LogP contribution in [0.2, 0.25) is 0 Å². The summed E-state index contributed by atoms with van der Waals surface area (Å²) in [5.74, 6) is 1.22. The summed E-state index contributed by atoms with van der Waals surface area (Å²) in [7, 11) is 0. The maximum atomic E-state index is 13.6. The van der Waals surface area contributed by atoms with Crippen LogP contribution in [-0.4, -0.2) is 44.3 Å². The number of nitrogens with one attached hydrogen (secondary N) is 1. The number of benzene rings is 2. The Morgan fingerprint density at radius 3 is 2.67 bits per heavy atom. The Bertz CT molecular complexity index is 1370. The van der Waals surface area contributed by atoms with E-state index in [0.29, 0.717) is 48.2 Å². The predicted molar refractivity (Wildman–Crippen MR) is 135 cm³/mol. The largest absolute Gasteiger partial charge is 0.507 e. The number of carbonyl (C=O) groups excluding carboxylic acids is 1. The van der Waals surface area contributed by atoms with E-state index in [0.717, 1.165) is 23.1 Å². The Morgan fingerprint density at radius 1 is 1.06 bits per heavy atom. The van der Waals surface area contributed by atoms with Gasteiger partial charge in [-0.2, -0.15) is 5.10 Å². The zero-order valence-corrected chi connectivity index (χ0v) is 20.3. The number of phenolic OH excluding ortho intramolecular Hbond substituents is 1. The molecule has 8 nitrogen and oxygen atoms in total. The molecule has 5 rings (SSSR count). The van der Waals surface area contributed by atoms with Crippen LogP contribution in [0.25, 0.3) is 11.3 Å². The lowest BCUT2D eigenvalue weighted by atomic mass is 9.95. The first-order chi connectivity index (χ1) is 17.6. The highest BCUT2D eigenvalue weighted by Crippen LogP contribution is 2.46. The molecule has 0 unspecified atom stereocenters. The number of aromatic hydroxyl groups is 1. The van der Waals surface area contributed by atoms with Crippen LogP contribution in [0.4, 0.5) is 0 Å². The van der Waals surface area contributed by atoms with Crippen molar-refractivity contribution in [1.82, 2.24) is 20.1 Å². The van der Waals surface area contributed by atoms with Crippen molar-refractivity contribution in [2.75, 3.05) is 13.2 Å². The predicted octanol–water partition coefficient (Wildman–Crippen LogP) is 5.11. The molecule has 2 aromatic heterocycles. The van der Waals surface area contributed by atoms with E-state index in [1.54, 1.807) is 35.5 Å². The van der Waals surface area contributed by atoms with E-state index >= 15 is 0 Å². The van der Waals surface area contributed by atoms with Crippen LogP contribution in [0.15, 0.2) is 67.0 Å². The third kappa shape index (κ3) is 4.26. The van der Waals surface area contributed by atoms with Gasteiger partial charge in [0.15, 0.2) is 11.5 Å². The fourth-order valence-electron chi connectivity index (χ4n) is 4.57. The van der Waals surface area contributed by atoms with Crippen molar-refractivity contribution in [1.29, 1.82) is 0 Å². The number of H-pyrrole nitrogens is 1. The highest BCUT2D eigenvalue weighted by Gasteiger charge is 2.42. The molecule has 2 N–H and O–H groups in total. The Morgan fingerprint density at radius 2 is 1.92 bits per heavy atom. The SMILES string of the molecule is CCCOc1ccc([C@@H]2c3c(-c4ccccc4O)n[nH]c3C(=O)N2Cc2cccnc2)cc1OCC. The van der Waals surface area contributed by atoms with Crippen molar-refractivity contribution in [3.63, 3.8) is 0 Å². The van der Waals surface area contributed by atoms with Crippen LogP contribution >= 0.6 is 0 Å². The number of ether oxygens (including phenoxy) is 2. The van der Waals surface area contributed by atoms with Crippen LogP contribution in [0.5, 0.6) is 17.2 Å². The molecule has 0 fully saturated rings. The van der Waals surface area contributed by atoms with E-state index < -0.39 is 6.04 Å². The zero-order valence-electron chi connectivity index (χ0n) is 20.3. The van der Waals surface area contributed by atoms with Gasteiger partial charge in [-0.25, -0.2) is 0 Å². The summed E-state index contributed by atoms with van der Waals surface area (Å²) >= 11 is 0.